The molecule has 0 aliphatic carbocycles. The summed E-state index contributed by atoms with van der Waals surface area (Å²) in [6.45, 7) is 7.78. The number of hydrogen-bond acceptors (Lipinski definition) is 6. The number of carbonyl (C=O) groups excluding carboxylic acids is 1. The standard InChI is InChI=1S/C24H32N2O6S/c1-6-32-18-7-9-19(10-8-18)33(28,29)25-21-13-23(31-5)22(30-4)12-20(21)24(27)26-14-16(2)11-17(3)15-26/h7-10,12-13,16-17,25H,6,11,14-15H2,1-5H3. The number of anilines is 1. The van der Waals surface area contributed by atoms with Crippen LogP contribution in [0.4, 0.5) is 5.69 Å². The second kappa shape index (κ2) is 10.3. The van der Waals surface area contributed by atoms with Gasteiger partial charge in [0, 0.05) is 19.2 Å². The maximum Gasteiger partial charge on any atom is 0.261 e. The summed E-state index contributed by atoms with van der Waals surface area (Å²) >= 11 is 0. The maximum absolute atomic E-state index is 13.5. The molecular weight excluding hydrogens is 444 g/mol. The Morgan fingerprint density at radius 2 is 1.61 bits per heavy atom. The minimum atomic E-state index is -3.97. The van der Waals surface area contributed by atoms with Crippen LogP contribution in [0.1, 0.15) is 37.6 Å². The van der Waals surface area contributed by atoms with Crippen molar-refractivity contribution in [2.24, 2.45) is 11.8 Å². The van der Waals surface area contributed by atoms with E-state index in [2.05, 4.69) is 18.6 Å². The van der Waals surface area contributed by atoms with E-state index in [0.29, 0.717) is 48.8 Å². The Labute approximate surface area is 195 Å². The summed E-state index contributed by atoms with van der Waals surface area (Å²) in [7, 11) is -1.04. The molecule has 8 nitrogen and oxygen atoms in total. The lowest BCUT2D eigenvalue weighted by atomic mass is 9.91. The van der Waals surface area contributed by atoms with E-state index in [-0.39, 0.29) is 22.1 Å². The zero-order valence-corrected chi connectivity index (χ0v) is 20.6. The molecule has 1 N–H and O–H groups in total. The molecule has 1 amide bonds. The van der Waals surface area contributed by atoms with E-state index >= 15 is 0 Å². The van der Waals surface area contributed by atoms with Crippen molar-refractivity contribution in [3.8, 4) is 17.2 Å². The van der Waals surface area contributed by atoms with Crippen LogP contribution >= 0.6 is 0 Å². The van der Waals surface area contributed by atoms with Gasteiger partial charge in [-0.2, -0.15) is 0 Å². The Balaban J connectivity index is 2.00. The number of amides is 1. The first kappa shape index (κ1) is 24.7. The molecule has 0 aromatic heterocycles. The van der Waals surface area contributed by atoms with Crippen molar-refractivity contribution in [3.63, 3.8) is 0 Å². The lowest BCUT2D eigenvalue weighted by molar-refractivity contribution is 0.0624. The van der Waals surface area contributed by atoms with E-state index in [0.717, 1.165) is 6.42 Å². The quantitative estimate of drug-likeness (QED) is 0.618. The minimum Gasteiger partial charge on any atom is -0.494 e. The van der Waals surface area contributed by atoms with E-state index < -0.39 is 10.0 Å². The smallest absolute Gasteiger partial charge is 0.261 e. The van der Waals surface area contributed by atoms with Gasteiger partial charge in [-0.3, -0.25) is 9.52 Å². The van der Waals surface area contributed by atoms with E-state index in [4.69, 9.17) is 14.2 Å². The number of rotatable bonds is 8. The molecule has 2 unspecified atom stereocenters. The number of benzene rings is 2. The van der Waals surface area contributed by atoms with Gasteiger partial charge in [-0.25, -0.2) is 8.42 Å². The fourth-order valence-electron chi connectivity index (χ4n) is 4.22. The first-order valence-electron chi connectivity index (χ1n) is 11.0. The number of sulfonamides is 1. The number of nitrogens with one attached hydrogen (secondary N) is 1. The molecule has 1 aliphatic rings. The topological polar surface area (TPSA) is 94.2 Å². The Bertz CT molecular complexity index is 1070. The molecule has 2 atom stereocenters. The summed E-state index contributed by atoms with van der Waals surface area (Å²) in [5.74, 6) is 1.72. The molecule has 0 spiro atoms. The average Bonchev–Trinajstić information content (AvgIpc) is 2.78. The molecule has 1 aliphatic heterocycles. The van der Waals surface area contributed by atoms with Gasteiger partial charge >= 0.3 is 0 Å². The largest absolute Gasteiger partial charge is 0.494 e. The predicted molar refractivity (Wildman–Crippen MR) is 127 cm³/mol. The molecule has 0 radical (unpaired) electrons. The second-order valence-electron chi connectivity index (χ2n) is 8.42. The second-order valence-corrected chi connectivity index (χ2v) is 10.1. The van der Waals surface area contributed by atoms with Crippen LogP contribution in [0.5, 0.6) is 17.2 Å². The summed E-state index contributed by atoms with van der Waals surface area (Å²) < 4.78 is 44.9. The van der Waals surface area contributed by atoms with Gasteiger partial charge in [-0.1, -0.05) is 13.8 Å². The van der Waals surface area contributed by atoms with Gasteiger partial charge < -0.3 is 19.1 Å². The van der Waals surface area contributed by atoms with Crippen LogP contribution in [0.2, 0.25) is 0 Å². The average molecular weight is 477 g/mol. The molecule has 0 saturated carbocycles. The van der Waals surface area contributed by atoms with Crippen molar-refractivity contribution in [1.29, 1.82) is 0 Å². The zero-order valence-electron chi connectivity index (χ0n) is 19.8. The summed E-state index contributed by atoms with van der Waals surface area (Å²) in [5.41, 5.74) is 0.348. The molecule has 180 valence electrons. The van der Waals surface area contributed by atoms with Crippen LogP contribution in [-0.2, 0) is 10.0 Å². The van der Waals surface area contributed by atoms with Gasteiger partial charge in [-0.05, 0) is 55.5 Å². The first-order valence-corrected chi connectivity index (χ1v) is 12.5. The van der Waals surface area contributed by atoms with Gasteiger partial charge in [0.1, 0.15) is 5.75 Å². The molecule has 1 heterocycles. The summed E-state index contributed by atoms with van der Waals surface area (Å²) in [5, 5.41) is 0. The maximum atomic E-state index is 13.5. The van der Waals surface area contributed by atoms with Crippen LogP contribution in [0, 0.1) is 11.8 Å². The van der Waals surface area contributed by atoms with Crippen molar-refractivity contribution in [2.45, 2.75) is 32.1 Å². The SMILES string of the molecule is CCOc1ccc(S(=O)(=O)Nc2cc(OC)c(OC)cc2C(=O)N2CC(C)CC(C)C2)cc1. The van der Waals surface area contributed by atoms with Crippen LogP contribution < -0.4 is 18.9 Å². The Hall–Kier alpha value is -2.94. The highest BCUT2D eigenvalue weighted by Gasteiger charge is 2.29. The summed E-state index contributed by atoms with van der Waals surface area (Å²) in [4.78, 5) is 15.3. The number of carbonyl (C=O) groups is 1. The number of nitrogens with zero attached hydrogens (tertiary/aromatic N) is 1. The Morgan fingerprint density at radius 3 is 2.15 bits per heavy atom. The third-order valence-electron chi connectivity index (χ3n) is 5.60. The van der Waals surface area contributed by atoms with Crippen LogP contribution in [0.15, 0.2) is 41.3 Å². The molecule has 1 saturated heterocycles. The van der Waals surface area contributed by atoms with Gasteiger partial charge in [0.25, 0.3) is 15.9 Å². The molecule has 9 heteroatoms. The number of hydrogen-bond donors (Lipinski definition) is 1. The van der Waals surface area contributed by atoms with Crippen molar-refractivity contribution < 1.29 is 27.4 Å². The normalized spacial score (nSPS) is 18.5. The highest BCUT2D eigenvalue weighted by atomic mass is 32.2. The Morgan fingerprint density at radius 1 is 1.03 bits per heavy atom. The van der Waals surface area contributed by atoms with E-state index in [1.54, 1.807) is 17.0 Å². The molecular formula is C24H32N2O6S. The lowest BCUT2D eigenvalue weighted by Crippen LogP contribution is -2.42. The third kappa shape index (κ3) is 5.71. The van der Waals surface area contributed by atoms with Gasteiger partial charge in [0.15, 0.2) is 11.5 Å². The fourth-order valence-corrected chi connectivity index (χ4v) is 5.30. The third-order valence-corrected chi connectivity index (χ3v) is 6.98. The van der Waals surface area contributed by atoms with Crippen LogP contribution in [0.3, 0.4) is 0 Å². The van der Waals surface area contributed by atoms with Crippen molar-refractivity contribution in [1.82, 2.24) is 4.90 Å². The Kier molecular flexibility index (Phi) is 7.73. The number of likely N-dealkylation sites (tertiary alicyclic amines) is 1. The number of piperidine rings is 1. The minimum absolute atomic E-state index is 0.0550. The molecule has 2 aromatic carbocycles. The van der Waals surface area contributed by atoms with Crippen molar-refractivity contribution >= 4 is 21.6 Å². The fraction of sp³-hybridized carbons (Fsp3) is 0.458. The van der Waals surface area contributed by atoms with Crippen molar-refractivity contribution in [2.75, 3.05) is 38.6 Å². The molecule has 33 heavy (non-hydrogen) atoms. The molecule has 0 bridgehead atoms. The van der Waals surface area contributed by atoms with Gasteiger partial charge in [-0.15, -0.1) is 0 Å². The number of ether oxygens (including phenoxy) is 3. The lowest BCUT2D eigenvalue weighted by Gasteiger charge is -2.35. The zero-order chi connectivity index (χ0) is 24.2. The van der Waals surface area contributed by atoms with Gasteiger partial charge in [0.05, 0.1) is 37.0 Å². The van der Waals surface area contributed by atoms with Crippen LogP contribution in [0.25, 0.3) is 0 Å². The summed E-state index contributed by atoms with van der Waals surface area (Å²) in [6, 6.07) is 9.12. The van der Waals surface area contributed by atoms with Crippen LogP contribution in [-0.4, -0.2) is 53.1 Å². The molecule has 1 fully saturated rings. The highest BCUT2D eigenvalue weighted by Crippen LogP contribution is 2.36. The number of methoxy groups -OCH3 is 2. The first-order chi connectivity index (χ1) is 15.7. The monoisotopic (exact) mass is 476 g/mol. The van der Waals surface area contributed by atoms with E-state index in [1.165, 1.54) is 38.5 Å². The van der Waals surface area contributed by atoms with Crippen molar-refractivity contribution in [3.05, 3.63) is 42.0 Å². The summed E-state index contributed by atoms with van der Waals surface area (Å²) in [6.07, 6.45) is 1.05. The van der Waals surface area contributed by atoms with Gasteiger partial charge in [0.2, 0.25) is 0 Å². The molecule has 3 rings (SSSR count). The van der Waals surface area contributed by atoms with E-state index in [9.17, 15) is 13.2 Å². The highest BCUT2D eigenvalue weighted by molar-refractivity contribution is 7.92. The predicted octanol–water partition coefficient (Wildman–Crippen LogP) is 4.02. The van der Waals surface area contributed by atoms with E-state index in [1.807, 2.05) is 6.92 Å². The molecule has 2 aromatic rings.